The minimum Gasteiger partial charge on any atom is -0.497 e. The van der Waals surface area contributed by atoms with Crippen LogP contribution in [-0.4, -0.2) is 92.0 Å². The Labute approximate surface area is 581 Å². The van der Waals surface area contributed by atoms with Gasteiger partial charge >= 0.3 is 5.51 Å². The number of piperazine rings is 1. The molecule has 0 bridgehead atoms. The summed E-state index contributed by atoms with van der Waals surface area (Å²) in [5.41, 5.74) is 5.09. The Hall–Kier alpha value is -5.86. The van der Waals surface area contributed by atoms with E-state index in [4.69, 9.17) is 13.9 Å². The van der Waals surface area contributed by atoms with Crippen LogP contribution in [0, 0.1) is 6.92 Å². The van der Waals surface area contributed by atoms with Crippen LogP contribution in [0.4, 0.5) is 13.2 Å². The topological polar surface area (TPSA) is 41.3 Å². The third-order valence-electron chi connectivity index (χ3n) is 14.7. The highest BCUT2D eigenvalue weighted by molar-refractivity contribution is 8.00. The molecule has 8 aromatic rings. The monoisotopic (exact) mass is 1340 g/mol. The lowest BCUT2D eigenvalue weighted by atomic mass is 10.1. The average Bonchev–Trinajstić information content (AvgIpc) is 2.06. The third kappa shape index (κ3) is 40.5. The summed E-state index contributed by atoms with van der Waals surface area (Å²) in [4.78, 5) is 10.5. The van der Waals surface area contributed by atoms with Crippen LogP contribution < -0.4 is 9.47 Å². The van der Waals surface area contributed by atoms with Crippen molar-refractivity contribution in [2.24, 2.45) is 0 Å². The van der Waals surface area contributed by atoms with Crippen molar-refractivity contribution in [2.75, 3.05) is 71.8 Å². The van der Waals surface area contributed by atoms with E-state index in [1.54, 1.807) is 25.5 Å². The Balaban J connectivity index is 0.000000368. The highest BCUT2D eigenvalue weighted by atomic mass is 32.2. The second kappa shape index (κ2) is 54.3. The molecule has 6 nitrogen and oxygen atoms in total. The molecule has 0 aliphatic carbocycles. The number of halogens is 3. The van der Waals surface area contributed by atoms with Crippen molar-refractivity contribution < 1.29 is 27.1 Å². The molecule has 516 valence electrons. The van der Waals surface area contributed by atoms with Gasteiger partial charge in [0.25, 0.3) is 0 Å². The van der Waals surface area contributed by atoms with Crippen LogP contribution in [0.15, 0.2) is 219 Å². The van der Waals surface area contributed by atoms with Gasteiger partial charge in [-0.2, -0.15) is 24.9 Å². The van der Waals surface area contributed by atoms with Crippen LogP contribution in [0.25, 0.3) is 0 Å². The Morgan fingerprint density at radius 3 is 1.50 bits per heavy atom. The lowest BCUT2D eigenvalue weighted by molar-refractivity contribution is -0.0328. The molecule has 0 N–H and O–H groups in total. The second-order valence-electron chi connectivity index (χ2n) is 22.4. The first-order valence-electron chi connectivity index (χ1n) is 34.5. The van der Waals surface area contributed by atoms with Gasteiger partial charge in [0.15, 0.2) is 0 Å². The minimum atomic E-state index is -4.19. The molecule has 12 heteroatoms. The molecule has 0 saturated carbocycles. The molecule has 2 heterocycles. The Kier molecular flexibility index (Phi) is 48.6. The molecule has 0 radical (unpaired) electrons. The van der Waals surface area contributed by atoms with Crippen molar-refractivity contribution in [1.82, 2.24) is 14.7 Å². The molecule has 0 amide bonds. The maximum Gasteiger partial charge on any atom is 0.446 e. The first kappa shape index (κ1) is 84.2. The van der Waals surface area contributed by atoms with Gasteiger partial charge in [-0.25, -0.2) is 0 Å². The number of methoxy groups -OCH3 is 1. The van der Waals surface area contributed by atoms with E-state index in [-0.39, 0.29) is 16.7 Å². The van der Waals surface area contributed by atoms with E-state index in [0.29, 0.717) is 0 Å². The summed E-state index contributed by atoms with van der Waals surface area (Å²) in [5.74, 6) is 5.29. The molecule has 94 heavy (non-hydrogen) atoms. The van der Waals surface area contributed by atoms with Crippen LogP contribution in [0.3, 0.4) is 0 Å². The van der Waals surface area contributed by atoms with Gasteiger partial charge in [0, 0.05) is 47.4 Å². The molecule has 1 aliphatic rings. The molecule has 1 aliphatic heterocycles. The van der Waals surface area contributed by atoms with Gasteiger partial charge in [0.2, 0.25) is 0 Å². The van der Waals surface area contributed by atoms with Crippen LogP contribution >= 0.6 is 35.3 Å². The summed E-state index contributed by atoms with van der Waals surface area (Å²) < 4.78 is 51.3. The fourth-order valence-electron chi connectivity index (χ4n) is 9.53. The lowest BCUT2D eigenvalue weighted by Crippen LogP contribution is -2.45. The van der Waals surface area contributed by atoms with E-state index in [1.165, 1.54) is 146 Å². The second-order valence-corrected chi connectivity index (χ2v) is 25.8. The molecule has 9 rings (SSSR count). The van der Waals surface area contributed by atoms with Crippen molar-refractivity contribution >= 4 is 35.3 Å². The first-order valence-corrected chi connectivity index (χ1v) is 37.3. The lowest BCUT2D eigenvalue weighted by Gasteiger charge is -2.34. The van der Waals surface area contributed by atoms with Gasteiger partial charge in [-0.1, -0.05) is 214 Å². The number of benzene rings is 7. The zero-order valence-electron chi connectivity index (χ0n) is 59.5. The number of rotatable bonds is 25. The van der Waals surface area contributed by atoms with E-state index >= 15 is 0 Å². The predicted octanol–water partition coefficient (Wildman–Crippen LogP) is 23.4. The van der Waals surface area contributed by atoms with Crippen molar-refractivity contribution in [3.8, 4) is 11.5 Å². The molecule has 0 atom stereocenters. The van der Waals surface area contributed by atoms with Gasteiger partial charge in [0.1, 0.15) is 17.3 Å². The number of ether oxygens (including phenoxy) is 2. The van der Waals surface area contributed by atoms with Gasteiger partial charge in [-0.05, 0) is 221 Å². The van der Waals surface area contributed by atoms with Crippen molar-refractivity contribution in [3.63, 3.8) is 0 Å². The number of alkyl halides is 3. The van der Waals surface area contributed by atoms with E-state index in [9.17, 15) is 13.2 Å². The van der Waals surface area contributed by atoms with E-state index in [0.717, 1.165) is 73.8 Å². The van der Waals surface area contributed by atoms with Crippen molar-refractivity contribution in [1.29, 1.82) is 0 Å². The minimum absolute atomic E-state index is 0.0801. The smallest absolute Gasteiger partial charge is 0.446 e. The Bertz CT molecular complexity index is 2940. The molecule has 0 unspecified atom stereocenters. The summed E-state index contributed by atoms with van der Waals surface area (Å²) in [7, 11) is 1.69. The molecular weight excluding hydrogens is 1230 g/mol. The fraction of sp³-hybridized carbons (Fsp3) is 0.439. The zero-order valence-corrected chi connectivity index (χ0v) is 62.0. The van der Waals surface area contributed by atoms with E-state index < -0.39 is 5.51 Å². The number of thioether (sulfide) groups is 2. The summed E-state index contributed by atoms with van der Waals surface area (Å²) in [6, 6.07) is 65.2. The number of hydrogen-bond donors (Lipinski definition) is 0. The number of para-hydroxylation sites is 1. The highest BCUT2D eigenvalue weighted by Crippen LogP contribution is 2.37. The fourth-order valence-corrected chi connectivity index (χ4v) is 11.8. The summed E-state index contributed by atoms with van der Waals surface area (Å²) in [6.45, 7) is 37.8. The summed E-state index contributed by atoms with van der Waals surface area (Å²) in [5, 5.41) is 0. The van der Waals surface area contributed by atoms with Crippen molar-refractivity contribution in [3.05, 3.63) is 245 Å². The molecule has 0 spiro atoms. The van der Waals surface area contributed by atoms with Crippen LogP contribution in [0.2, 0.25) is 0 Å². The quantitative estimate of drug-likeness (QED) is 0.0411. The largest absolute Gasteiger partial charge is 0.497 e. The number of nitrogens with zero attached hydrogens (tertiary/aromatic N) is 3. The zero-order chi connectivity index (χ0) is 68.9. The maximum atomic E-state index is 11.9. The maximum absolute atomic E-state index is 11.9. The highest BCUT2D eigenvalue weighted by Gasteiger charge is 2.29. The molecular formula is C82H116F3N3O3S3. The molecule has 7 aromatic carbocycles. The summed E-state index contributed by atoms with van der Waals surface area (Å²) >= 11 is 3.65. The van der Waals surface area contributed by atoms with Gasteiger partial charge < -0.3 is 23.7 Å². The van der Waals surface area contributed by atoms with Crippen LogP contribution in [0.5, 0.6) is 11.5 Å². The van der Waals surface area contributed by atoms with Crippen LogP contribution in [0.1, 0.15) is 153 Å². The normalized spacial score (nSPS) is 11.7. The van der Waals surface area contributed by atoms with Crippen LogP contribution in [-0.2, 0) is 44.4 Å². The Morgan fingerprint density at radius 1 is 0.489 bits per heavy atom. The number of furan rings is 1. The van der Waals surface area contributed by atoms with Gasteiger partial charge in [0.05, 0.1) is 25.7 Å². The van der Waals surface area contributed by atoms with Gasteiger partial charge in [-0.15, -0.1) is 0 Å². The predicted molar refractivity (Wildman–Crippen MR) is 405 cm³/mol. The molecule has 1 saturated heterocycles. The van der Waals surface area contributed by atoms with Gasteiger partial charge in [-0.3, -0.25) is 4.90 Å². The first-order chi connectivity index (χ1) is 45.6. The van der Waals surface area contributed by atoms with E-state index in [1.807, 2.05) is 85.9 Å². The molecule has 1 aromatic heterocycles. The number of aryl methyl sites for hydroxylation is 6. The van der Waals surface area contributed by atoms with E-state index in [2.05, 4.69) is 205 Å². The Morgan fingerprint density at radius 2 is 1.01 bits per heavy atom. The average molecular weight is 1350 g/mol. The standard InChI is InChI=1S/C14H22N2.C13H12S.C10H14O.C10H14.C9H9F3S.C9H21N.C9H12O.C8H12OS/c1-2-8-15-9-11-16(12-10-15)13-14-6-4-3-5-7-14;1-11-7-5-6-10-13(11)14-12-8-3-2-4-9-12;1-3-9-7-5-6-8-10(9)11-4-2;1-3-9-5-7-10(4-2)8-6-9;1-2-7-3-5-8(6-4-7)13-9(10,11)12;1-4-7-10(8-5-2)9-6-3;1-3-8-5-4-6-9(7-8)10-2;1-2-6-10-7-8-4-3-5-9-8/h3-7H,2,8-13H2,1H3;2-10H,1H3;5-8H,3-4H2,1-2H3;5-8H,3-4H2,1-2H3;3-6H,2H2,1H3;4-9H2,1-3H3;4-7H,3H2,1-2H3;3-5H,2,6-7H2,1H3. The van der Waals surface area contributed by atoms with Crippen molar-refractivity contribution in [2.45, 2.75) is 180 Å². The SMILES string of the molecule is CCCN(CCC)CCC.CCCN1CCN(Cc2ccccc2)CC1.CCCSCc1ccco1.CCOc1ccccc1CC.CCc1ccc(CC)cc1.CCc1ccc(SC(F)(F)F)cc1.CCc1cccc(OC)c1.Cc1ccccc1Sc1ccccc1. The number of hydrogen-bond acceptors (Lipinski definition) is 9. The summed E-state index contributed by atoms with van der Waals surface area (Å²) in [6.07, 6.45) is 13.4. The molecule has 1 fully saturated rings. The third-order valence-corrected chi connectivity index (χ3v) is 17.8.